The van der Waals surface area contributed by atoms with Crippen molar-refractivity contribution in [3.8, 4) is 0 Å². The van der Waals surface area contributed by atoms with E-state index in [0.29, 0.717) is 18.4 Å². The number of hydrogen-bond donors (Lipinski definition) is 0. The summed E-state index contributed by atoms with van der Waals surface area (Å²) in [5, 5.41) is -0.0371. The highest BCUT2D eigenvalue weighted by molar-refractivity contribution is 6.31. The Bertz CT molecular complexity index is 522. The Labute approximate surface area is 109 Å². The van der Waals surface area contributed by atoms with Crippen molar-refractivity contribution in [2.24, 2.45) is 0 Å². The van der Waals surface area contributed by atoms with Crippen LogP contribution < -0.4 is 5.43 Å². The van der Waals surface area contributed by atoms with Crippen molar-refractivity contribution >= 4 is 23.9 Å². The summed E-state index contributed by atoms with van der Waals surface area (Å²) in [5.41, 5.74) is -0.183. The van der Waals surface area contributed by atoms with Gasteiger partial charge in [-0.25, -0.2) is 4.79 Å². The number of pyridine rings is 1. The van der Waals surface area contributed by atoms with Gasteiger partial charge >= 0.3 is 5.97 Å². The number of carbonyl (C=O) groups excluding carboxylic acids is 2. The largest absolute Gasteiger partial charge is 0.462 e. The fourth-order valence-electron chi connectivity index (χ4n) is 1.62. The van der Waals surface area contributed by atoms with E-state index in [9.17, 15) is 14.4 Å². The molecule has 0 amide bonds. The van der Waals surface area contributed by atoms with Crippen molar-refractivity contribution < 1.29 is 14.3 Å². The molecule has 0 aliphatic rings. The molecule has 18 heavy (non-hydrogen) atoms. The molecule has 0 atom stereocenters. The number of aromatic nitrogens is 1. The highest BCUT2D eigenvalue weighted by Crippen LogP contribution is 2.14. The molecule has 0 radical (unpaired) electrons. The first kappa shape index (κ1) is 14.4. The molecule has 0 aliphatic carbocycles. The second-order valence-corrected chi connectivity index (χ2v) is 3.90. The SMILES string of the molecule is CCOC(=O)c1cn(CC=O)c(CC)c(Cl)c1=O. The first-order chi connectivity index (χ1) is 8.56. The van der Waals surface area contributed by atoms with Crippen LogP contribution in [0.4, 0.5) is 0 Å². The topological polar surface area (TPSA) is 65.4 Å². The fraction of sp³-hybridized carbons (Fsp3) is 0.417. The molecule has 98 valence electrons. The molecule has 1 rings (SSSR count). The van der Waals surface area contributed by atoms with Crippen molar-refractivity contribution in [1.29, 1.82) is 0 Å². The van der Waals surface area contributed by atoms with Crippen LogP contribution in [0.2, 0.25) is 5.02 Å². The van der Waals surface area contributed by atoms with E-state index in [-0.39, 0.29) is 23.7 Å². The van der Waals surface area contributed by atoms with Gasteiger partial charge < -0.3 is 14.1 Å². The van der Waals surface area contributed by atoms with E-state index in [1.54, 1.807) is 6.92 Å². The van der Waals surface area contributed by atoms with Crippen molar-refractivity contribution in [1.82, 2.24) is 4.57 Å². The van der Waals surface area contributed by atoms with Gasteiger partial charge in [-0.1, -0.05) is 18.5 Å². The maximum absolute atomic E-state index is 11.9. The molecule has 0 spiro atoms. The van der Waals surface area contributed by atoms with E-state index in [1.807, 2.05) is 6.92 Å². The average Bonchev–Trinajstić information content (AvgIpc) is 2.34. The summed E-state index contributed by atoms with van der Waals surface area (Å²) >= 11 is 5.93. The second kappa shape index (κ2) is 6.35. The quantitative estimate of drug-likeness (QED) is 0.600. The number of ether oxygens (including phenoxy) is 1. The Morgan fingerprint density at radius 2 is 2.17 bits per heavy atom. The van der Waals surface area contributed by atoms with Crippen LogP contribution >= 0.6 is 11.6 Å². The Morgan fingerprint density at radius 3 is 2.67 bits per heavy atom. The molecule has 0 bridgehead atoms. The molecule has 1 aromatic rings. The minimum atomic E-state index is -0.730. The fourth-order valence-corrected chi connectivity index (χ4v) is 1.97. The van der Waals surface area contributed by atoms with E-state index in [1.165, 1.54) is 10.8 Å². The van der Waals surface area contributed by atoms with E-state index < -0.39 is 11.4 Å². The van der Waals surface area contributed by atoms with E-state index in [4.69, 9.17) is 16.3 Å². The minimum Gasteiger partial charge on any atom is -0.462 e. The van der Waals surface area contributed by atoms with Gasteiger partial charge in [0.1, 0.15) is 16.9 Å². The van der Waals surface area contributed by atoms with E-state index >= 15 is 0 Å². The molecule has 5 nitrogen and oxygen atoms in total. The van der Waals surface area contributed by atoms with Crippen molar-refractivity contribution in [3.63, 3.8) is 0 Å². The van der Waals surface area contributed by atoms with Gasteiger partial charge in [0.25, 0.3) is 0 Å². The monoisotopic (exact) mass is 271 g/mol. The summed E-state index contributed by atoms with van der Waals surface area (Å²) in [6, 6.07) is 0. The number of hydrogen-bond acceptors (Lipinski definition) is 4. The number of halogens is 1. The maximum atomic E-state index is 11.9. The highest BCUT2D eigenvalue weighted by atomic mass is 35.5. The smallest absolute Gasteiger partial charge is 0.343 e. The van der Waals surface area contributed by atoms with Crippen LogP contribution in [0.3, 0.4) is 0 Å². The summed E-state index contributed by atoms with van der Waals surface area (Å²) in [6.45, 7) is 3.66. The molecule has 0 saturated carbocycles. The van der Waals surface area contributed by atoms with Gasteiger partial charge in [-0.15, -0.1) is 0 Å². The number of nitrogens with zero attached hydrogens (tertiary/aromatic N) is 1. The van der Waals surface area contributed by atoms with Crippen LogP contribution in [0.15, 0.2) is 11.0 Å². The maximum Gasteiger partial charge on any atom is 0.343 e. The van der Waals surface area contributed by atoms with Gasteiger partial charge in [0.05, 0.1) is 13.2 Å². The molecule has 6 heteroatoms. The first-order valence-corrected chi connectivity index (χ1v) is 5.97. The number of rotatable bonds is 5. The highest BCUT2D eigenvalue weighted by Gasteiger charge is 2.18. The van der Waals surface area contributed by atoms with Gasteiger partial charge in [0.2, 0.25) is 5.43 Å². The number of aldehydes is 1. The Morgan fingerprint density at radius 1 is 1.50 bits per heavy atom. The van der Waals surface area contributed by atoms with E-state index in [0.717, 1.165) is 0 Å². The predicted octanol–water partition coefficient (Wildman–Crippen LogP) is 1.44. The molecule has 0 fully saturated rings. The van der Waals surface area contributed by atoms with Crippen LogP contribution in [0.5, 0.6) is 0 Å². The van der Waals surface area contributed by atoms with Crippen LogP contribution in [-0.4, -0.2) is 23.4 Å². The van der Waals surface area contributed by atoms with Crippen molar-refractivity contribution in [2.75, 3.05) is 6.61 Å². The lowest BCUT2D eigenvalue weighted by Crippen LogP contribution is -2.23. The molecular weight excluding hydrogens is 258 g/mol. The van der Waals surface area contributed by atoms with Gasteiger partial charge in [-0.2, -0.15) is 0 Å². The van der Waals surface area contributed by atoms with E-state index in [2.05, 4.69) is 0 Å². The Balaban J connectivity index is 3.41. The number of esters is 1. The van der Waals surface area contributed by atoms with Crippen molar-refractivity contribution in [3.05, 3.63) is 32.7 Å². The van der Waals surface area contributed by atoms with Crippen molar-refractivity contribution in [2.45, 2.75) is 26.8 Å². The Hall–Kier alpha value is -1.62. The molecule has 1 aromatic heterocycles. The molecule has 1 heterocycles. The third kappa shape index (κ3) is 2.79. The minimum absolute atomic E-state index is 0.0371. The number of carbonyl (C=O) groups is 2. The molecular formula is C12H14ClNO4. The van der Waals surface area contributed by atoms with Gasteiger partial charge in [-0.3, -0.25) is 4.79 Å². The lowest BCUT2D eigenvalue weighted by Gasteiger charge is -2.13. The Kier molecular flexibility index (Phi) is 5.09. The van der Waals surface area contributed by atoms with Gasteiger partial charge in [0, 0.05) is 11.9 Å². The summed E-state index contributed by atoms with van der Waals surface area (Å²) in [7, 11) is 0. The molecule has 0 saturated heterocycles. The van der Waals surface area contributed by atoms with Crippen LogP contribution in [0.25, 0.3) is 0 Å². The summed E-state index contributed by atoms with van der Waals surface area (Å²) < 4.78 is 6.26. The molecule has 0 N–H and O–H groups in total. The van der Waals surface area contributed by atoms with Crippen LogP contribution in [0, 0.1) is 0 Å². The summed E-state index contributed by atoms with van der Waals surface area (Å²) in [4.78, 5) is 34.1. The lowest BCUT2D eigenvalue weighted by molar-refractivity contribution is -0.108. The lowest BCUT2D eigenvalue weighted by atomic mass is 10.2. The summed E-state index contributed by atoms with van der Waals surface area (Å²) in [6.07, 6.45) is 2.49. The molecule has 0 aliphatic heterocycles. The van der Waals surface area contributed by atoms with Gasteiger partial charge in [-0.05, 0) is 13.3 Å². The summed E-state index contributed by atoms with van der Waals surface area (Å²) in [5.74, 6) is -0.730. The molecule has 0 unspecified atom stereocenters. The molecule has 0 aromatic carbocycles. The second-order valence-electron chi connectivity index (χ2n) is 3.53. The standard InChI is InChI=1S/C12H14ClNO4/c1-3-9-10(13)11(16)8(12(17)18-4-2)7-14(9)5-6-15/h6-7H,3-5H2,1-2H3. The normalized spacial score (nSPS) is 10.2. The average molecular weight is 272 g/mol. The van der Waals surface area contributed by atoms with Gasteiger partial charge in [0.15, 0.2) is 0 Å². The zero-order chi connectivity index (χ0) is 13.7. The zero-order valence-electron chi connectivity index (χ0n) is 10.2. The predicted molar refractivity (Wildman–Crippen MR) is 67.1 cm³/mol. The zero-order valence-corrected chi connectivity index (χ0v) is 11.0. The third-order valence-corrected chi connectivity index (χ3v) is 2.82. The first-order valence-electron chi connectivity index (χ1n) is 5.59. The third-order valence-electron chi connectivity index (χ3n) is 2.43. The van der Waals surface area contributed by atoms with Crippen LogP contribution in [0.1, 0.15) is 29.9 Å². The van der Waals surface area contributed by atoms with Crippen LogP contribution in [-0.2, 0) is 22.5 Å².